The van der Waals surface area contributed by atoms with Crippen molar-refractivity contribution in [2.24, 2.45) is 4.99 Å². The zero-order chi connectivity index (χ0) is 22.9. The van der Waals surface area contributed by atoms with Gasteiger partial charge >= 0.3 is 0 Å². The Hall–Kier alpha value is -3.65. The molecule has 0 fully saturated rings. The summed E-state index contributed by atoms with van der Waals surface area (Å²) in [5.41, 5.74) is 7.59. The van der Waals surface area contributed by atoms with Gasteiger partial charge < -0.3 is 9.30 Å². The quantitative estimate of drug-likeness (QED) is 0.589. The van der Waals surface area contributed by atoms with Crippen LogP contribution in [0.2, 0.25) is 5.02 Å². The van der Waals surface area contributed by atoms with Crippen molar-refractivity contribution in [1.29, 1.82) is 0 Å². The van der Waals surface area contributed by atoms with Gasteiger partial charge in [-0.05, 0) is 56.2 Å². The van der Waals surface area contributed by atoms with Crippen molar-refractivity contribution >= 4 is 29.1 Å². The molecular formula is C24H22ClFN6O. The van der Waals surface area contributed by atoms with Gasteiger partial charge in [0.1, 0.15) is 17.3 Å². The predicted molar refractivity (Wildman–Crippen MR) is 127 cm³/mol. The summed E-state index contributed by atoms with van der Waals surface area (Å²) < 4.78 is 20.9. The first-order valence-electron chi connectivity index (χ1n) is 10.6. The second kappa shape index (κ2) is 8.71. The first kappa shape index (κ1) is 21.2. The van der Waals surface area contributed by atoms with Crippen molar-refractivity contribution in [2.45, 2.75) is 19.8 Å². The van der Waals surface area contributed by atoms with E-state index in [2.05, 4.69) is 15.4 Å². The van der Waals surface area contributed by atoms with Crippen LogP contribution in [0.25, 0.3) is 17.3 Å². The Labute approximate surface area is 195 Å². The van der Waals surface area contributed by atoms with E-state index in [4.69, 9.17) is 21.3 Å². The largest absolute Gasteiger partial charge is 0.479 e. The number of fused-ring (bicyclic) bond motifs is 1. The van der Waals surface area contributed by atoms with Crippen LogP contribution in [0.3, 0.4) is 0 Å². The number of methoxy groups -OCH3 is 1. The van der Waals surface area contributed by atoms with Gasteiger partial charge in [-0.15, -0.1) is 0 Å². The summed E-state index contributed by atoms with van der Waals surface area (Å²) in [6.07, 6.45) is 9.17. The van der Waals surface area contributed by atoms with Crippen molar-refractivity contribution < 1.29 is 9.13 Å². The van der Waals surface area contributed by atoms with Crippen molar-refractivity contribution in [2.75, 3.05) is 13.7 Å². The van der Waals surface area contributed by atoms with Crippen LogP contribution in [-0.2, 0) is 0 Å². The van der Waals surface area contributed by atoms with Gasteiger partial charge in [-0.1, -0.05) is 17.7 Å². The number of hydrogen-bond acceptors (Lipinski definition) is 6. The third-order valence-electron chi connectivity index (χ3n) is 5.52. The van der Waals surface area contributed by atoms with Crippen LogP contribution < -0.4 is 10.2 Å². The van der Waals surface area contributed by atoms with Crippen LogP contribution >= 0.6 is 11.6 Å². The number of aryl methyl sites for hydroxylation is 1. The van der Waals surface area contributed by atoms with Crippen molar-refractivity contribution in [3.05, 3.63) is 82.5 Å². The number of amidine groups is 1. The highest BCUT2D eigenvalue weighted by atomic mass is 35.5. The molecule has 0 saturated heterocycles. The van der Waals surface area contributed by atoms with Gasteiger partial charge in [-0.25, -0.2) is 19.4 Å². The Morgan fingerprint density at radius 2 is 2.09 bits per heavy atom. The van der Waals surface area contributed by atoms with Gasteiger partial charge in [-0.3, -0.25) is 10.4 Å². The summed E-state index contributed by atoms with van der Waals surface area (Å²) in [6.45, 7) is 2.75. The molecule has 2 aliphatic heterocycles. The zero-order valence-corrected chi connectivity index (χ0v) is 19.0. The molecule has 0 amide bonds. The lowest BCUT2D eigenvalue weighted by molar-refractivity contribution is 0.305. The molecule has 1 aromatic carbocycles. The van der Waals surface area contributed by atoms with Gasteiger partial charge in [0.05, 0.1) is 29.8 Å². The van der Waals surface area contributed by atoms with E-state index in [-0.39, 0.29) is 5.82 Å². The van der Waals surface area contributed by atoms with Gasteiger partial charge in [0.2, 0.25) is 5.88 Å². The highest BCUT2D eigenvalue weighted by Crippen LogP contribution is 2.36. The number of rotatable bonds is 5. The lowest BCUT2D eigenvalue weighted by Gasteiger charge is -2.27. The average molecular weight is 465 g/mol. The standard InChI is InChI=1S/C24H22ClFN6O/c1-15-13-31(14-27-15)21-9-6-17(28-24(21)33-2)7-10-22-29-23-19(4-3-11-32(23)30-22)18-8-5-16(26)12-20(18)25/h5-10,12-14H,3-4,11H2,1-2H3,(H,29,30)/b10-7+. The predicted octanol–water partition coefficient (Wildman–Crippen LogP) is 4.77. The second-order valence-electron chi connectivity index (χ2n) is 7.81. The monoisotopic (exact) mass is 464 g/mol. The first-order valence-corrected chi connectivity index (χ1v) is 10.9. The highest BCUT2D eigenvalue weighted by Gasteiger charge is 2.27. The van der Waals surface area contributed by atoms with Crippen LogP contribution in [-0.4, -0.2) is 39.0 Å². The molecule has 3 aromatic rings. The van der Waals surface area contributed by atoms with E-state index in [0.717, 1.165) is 53.4 Å². The van der Waals surface area contributed by atoms with Crippen molar-refractivity contribution in [1.82, 2.24) is 25.0 Å². The number of aromatic nitrogens is 3. The molecule has 0 saturated carbocycles. The number of ether oxygens (including phenoxy) is 1. The molecule has 33 heavy (non-hydrogen) atoms. The topological polar surface area (TPSA) is 67.6 Å². The number of allylic oxidation sites excluding steroid dienone is 1. The van der Waals surface area contributed by atoms with E-state index < -0.39 is 0 Å². The van der Waals surface area contributed by atoms with Crippen LogP contribution in [0.1, 0.15) is 29.8 Å². The fourth-order valence-corrected chi connectivity index (χ4v) is 4.26. The molecular weight excluding hydrogens is 443 g/mol. The molecule has 0 aliphatic carbocycles. The number of benzene rings is 1. The Bertz CT molecular complexity index is 1310. The maximum atomic E-state index is 13.5. The molecule has 7 nitrogen and oxygen atoms in total. The fourth-order valence-electron chi connectivity index (χ4n) is 3.98. The number of nitrogens with zero attached hydrogens (tertiary/aromatic N) is 5. The third kappa shape index (κ3) is 4.21. The fraction of sp³-hybridized carbons (Fsp3) is 0.208. The molecule has 0 atom stereocenters. The summed E-state index contributed by atoms with van der Waals surface area (Å²) >= 11 is 6.32. The number of nitrogens with one attached hydrogen (secondary N) is 1. The maximum absolute atomic E-state index is 13.5. The van der Waals surface area contributed by atoms with Gasteiger partial charge in [0, 0.05) is 23.9 Å². The number of imidazole rings is 1. The smallest absolute Gasteiger partial charge is 0.238 e. The van der Waals surface area contributed by atoms with Crippen LogP contribution in [0.15, 0.2) is 59.7 Å². The number of halogens is 2. The summed E-state index contributed by atoms with van der Waals surface area (Å²) in [6, 6.07) is 8.33. The van der Waals surface area contributed by atoms with E-state index in [1.807, 2.05) is 47.0 Å². The summed E-state index contributed by atoms with van der Waals surface area (Å²) in [5, 5.41) is 2.39. The van der Waals surface area contributed by atoms with E-state index in [9.17, 15) is 4.39 Å². The normalized spacial score (nSPS) is 15.6. The minimum atomic E-state index is -0.351. The van der Waals surface area contributed by atoms with Crippen LogP contribution in [0.4, 0.5) is 4.39 Å². The Balaban J connectivity index is 1.42. The summed E-state index contributed by atoms with van der Waals surface area (Å²) in [7, 11) is 1.60. The highest BCUT2D eigenvalue weighted by molar-refractivity contribution is 6.32. The van der Waals surface area contributed by atoms with Gasteiger partial charge in [-0.2, -0.15) is 0 Å². The number of hydrogen-bond donors (Lipinski definition) is 1. The first-order chi connectivity index (χ1) is 16.0. The molecule has 0 bridgehead atoms. The van der Waals surface area contributed by atoms with E-state index in [1.165, 1.54) is 12.1 Å². The average Bonchev–Trinajstić information content (AvgIpc) is 3.43. The number of aliphatic imine (C=N–C) groups is 1. The van der Waals surface area contributed by atoms with E-state index >= 15 is 0 Å². The van der Waals surface area contributed by atoms with Crippen LogP contribution in [0.5, 0.6) is 5.88 Å². The molecule has 168 valence electrons. The lowest BCUT2D eigenvalue weighted by atomic mass is 9.98. The number of hydrazine groups is 1. The Morgan fingerprint density at radius 1 is 1.21 bits per heavy atom. The van der Waals surface area contributed by atoms with Crippen molar-refractivity contribution in [3.63, 3.8) is 0 Å². The molecule has 0 unspecified atom stereocenters. The zero-order valence-electron chi connectivity index (χ0n) is 18.2. The molecule has 9 heteroatoms. The molecule has 2 aromatic heterocycles. The van der Waals surface area contributed by atoms with Crippen LogP contribution in [0, 0.1) is 12.7 Å². The van der Waals surface area contributed by atoms with Gasteiger partial charge in [0.15, 0.2) is 5.82 Å². The van der Waals surface area contributed by atoms with E-state index in [0.29, 0.717) is 16.7 Å². The SMILES string of the molecule is COc1nc(/C=C/C2=NC3=C(c4ccc(F)cc4Cl)CCCN3N2)ccc1-n1cnc(C)c1. The number of pyridine rings is 1. The summed E-state index contributed by atoms with van der Waals surface area (Å²) in [4.78, 5) is 13.6. The molecule has 0 radical (unpaired) electrons. The second-order valence-corrected chi connectivity index (χ2v) is 8.22. The molecule has 5 rings (SSSR count). The molecule has 1 N–H and O–H groups in total. The van der Waals surface area contributed by atoms with Gasteiger partial charge in [0.25, 0.3) is 0 Å². The maximum Gasteiger partial charge on any atom is 0.238 e. The minimum Gasteiger partial charge on any atom is -0.479 e. The Morgan fingerprint density at radius 3 is 2.85 bits per heavy atom. The lowest BCUT2D eigenvalue weighted by Crippen LogP contribution is -2.37. The molecule has 2 aliphatic rings. The van der Waals surface area contributed by atoms with E-state index in [1.54, 1.807) is 19.5 Å². The Kier molecular flexibility index (Phi) is 5.60. The molecule has 0 spiro atoms. The minimum absolute atomic E-state index is 0.351. The summed E-state index contributed by atoms with van der Waals surface area (Å²) in [5.74, 6) is 1.66. The molecule has 4 heterocycles. The van der Waals surface area contributed by atoms with Crippen molar-refractivity contribution in [3.8, 4) is 11.6 Å². The third-order valence-corrected chi connectivity index (χ3v) is 5.84.